The highest BCUT2D eigenvalue weighted by Crippen LogP contribution is 2.16. The molecule has 5 nitrogen and oxygen atoms in total. The molecule has 19 heavy (non-hydrogen) atoms. The summed E-state index contributed by atoms with van der Waals surface area (Å²) in [5.41, 5.74) is 0.474. The van der Waals surface area contributed by atoms with E-state index in [0.717, 1.165) is 0 Å². The Hall–Kier alpha value is -1.95. The van der Waals surface area contributed by atoms with E-state index in [9.17, 15) is 14.0 Å². The first-order valence-corrected chi connectivity index (χ1v) is 5.98. The maximum absolute atomic E-state index is 13.6. The molecule has 0 aromatic heterocycles. The van der Waals surface area contributed by atoms with Crippen LogP contribution in [0, 0.1) is 5.82 Å². The summed E-state index contributed by atoms with van der Waals surface area (Å²) in [6.45, 7) is 3.36. The van der Waals surface area contributed by atoms with Gasteiger partial charge in [0.25, 0.3) is 0 Å². The molecule has 0 spiro atoms. The molecule has 3 amide bonds. The predicted molar refractivity (Wildman–Crippen MR) is 70.0 cm³/mol. The van der Waals surface area contributed by atoms with Crippen molar-refractivity contribution in [3.8, 4) is 0 Å². The van der Waals surface area contributed by atoms with Gasteiger partial charge in [0.2, 0.25) is 5.91 Å². The summed E-state index contributed by atoms with van der Waals surface area (Å²) in [6.07, 6.45) is 0. The molecule has 0 heterocycles. The van der Waals surface area contributed by atoms with E-state index in [1.54, 1.807) is 32.0 Å². The predicted octanol–water partition coefficient (Wildman–Crippen LogP) is 1.32. The number of hydrogen-bond donors (Lipinski definition) is 3. The largest absolute Gasteiger partial charge is 0.341 e. The third-order valence-electron chi connectivity index (χ3n) is 2.73. The highest BCUT2D eigenvalue weighted by molar-refractivity contribution is 5.96. The van der Waals surface area contributed by atoms with Gasteiger partial charge in [0.1, 0.15) is 5.82 Å². The lowest BCUT2D eigenvalue weighted by Gasteiger charge is -2.20. The number of halogens is 1. The SMILES string of the molecule is CNC(=O)NC(=O)C(C)NC(C)c1ccccc1F. The Morgan fingerprint density at radius 3 is 2.42 bits per heavy atom. The summed E-state index contributed by atoms with van der Waals surface area (Å²) in [6, 6.07) is 4.81. The molecule has 2 unspecified atom stereocenters. The molecule has 0 saturated heterocycles. The first-order valence-electron chi connectivity index (χ1n) is 5.98. The van der Waals surface area contributed by atoms with Crippen LogP contribution in [0.4, 0.5) is 9.18 Å². The Labute approximate surface area is 111 Å². The Balaban J connectivity index is 2.62. The third-order valence-corrected chi connectivity index (χ3v) is 2.73. The van der Waals surface area contributed by atoms with Crippen molar-refractivity contribution in [1.29, 1.82) is 0 Å². The fourth-order valence-electron chi connectivity index (χ4n) is 1.65. The minimum Gasteiger partial charge on any atom is -0.341 e. The fraction of sp³-hybridized carbons (Fsp3) is 0.385. The number of imide groups is 1. The van der Waals surface area contributed by atoms with Gasteiger partial charge >= 0.3 is 6.03 Å². The molecule has 2 atom stereocenters. The molecule has 1 aromatic rings. The zero-order valence-corrected chi connectivity index (χ0v) is 11.2. The van der Waals surface area contributed by atoms with Crippen LogP contribution < -0.4 is 16.0 Å². The van der Waals surface area contributed by atoms with Crippen LogP contribution in [0.5, 0.6) is 0 Å². The molecule has 0 aliphatic heterocycles. The van der Waals surface area contributed by atoms with Gasteiger partial charge in [-0.1, -0.05) is 18.2 Å². The quantitative estimate of drug-likeness (QED) is 0.770. The van der Waals surface area contributed by atoms with Crippen LogP contribution in [-0.4, -0.2) is 25.0 Å². The zero-order valence-electron chi connectivity index (χ0n) is 11.2. The molecule has 0 aliphatic rings. The van der Waals surface area contributed by atoms with Crippen LogP contribution in [0.2, 0.25) is 0 Å². The second-order valence-corrected chi connectivity index (χ2v) is 4.20. The fourth-order valence-corrected chi connectivity index (χ4v) is 1.65. The first-order chi connectivity index (χ1) is 8.95. The van der Waals surface area contributed by atoms with E-state index in [1.165, 1.54) is 13.1 Å². The van der Waals surface area contributed by atoms with Crippen molar-refractivity contribution >= 4 is 11.9 Å². The topological polar surface area (TPSA) is 70.2 Å². The normalized spacial score (nSPS) is 13.5. The molecule has 0 radical (unpaired) electrons. The van der Waals surface area contributed by atoms with E-state index in [1.807, 2.05) is 0 Å². The standard InChI is InChI=1S/C13H18FN3O2/c1-8(10-6-4-5-7-11(10)14)16-9(2)12(18)17-13(19)15-3/h4-9,16H,1-3H3,(H2,15,17,18,19). The molecule has 0 aliphatic carbocycles. The number of amides is 3. The summed E-state index contributed by atoms with van der Waals surface area (Å²) in [7, 11) is 1.42. The van der Waals surface area contributed by atoms with Gasteiger partial charge in [0.15, 0.2) is 0 Å². The molecule has 1 aromatic carbocycles. The van der Waals surface area contributed by atoms with Crippen LogP contribution in [-0.2, 0) is 4.79 Å². The van der Waals surface area contributed by atoms with Crippen LogP contribution in [0.25, 0.3) is 0 Å². The Morgan fingerprint density at radius 2 is 1.84 bits per heavy atom. The van der Waals surface area contributed by atoms with E-state index >= 15 is 0 Å². The summed E-state index contributed by atoms with van der Waals surface area (Å²) >= 11 is 0. The number of urea groups is 1. The summed E-state index contributed by atoms with van der Waals surface area (Å²) < 4.78 is 13.6. The maximum atomic E-state index is 13.6. The molecule has 1 rings (SSSR count). The van der Waals surface area contributed by atoms with Crippen molar-refractivity contribution in [2.24, 2.45) is 0 Å². The average molecular weight is 267 g/mol. The van der Waals surface area contributed by atoms with Gasteiger partial charge in [-0.05, 0) is 19.9 Å². The molecule has 0 saturated carbocycles. The number of carbonyl (C=O) groups is 2. The Kier molecular flexibility index (Phi) is 5.44. The smallest absolute Gasteiger partial charge is 0.321 e. The van der Waals surface area contributed by atoms with Crippen molar-refractivity contribution in [3.63, 3.8) is 0 Å². The number of hydrogen-bond acceptors (Lipinski definition) is 3. The average Bonchev–Trinajstić information content (AvgIpc) is 2.38. The van der Waals surface area contributed by atoms with Crippen molar-refractivity contribution in [2.75, 3.05) is 7.05 Å². The second-order valence-electron chi connectivity index (χ2n) is 4.20. The van der Waals surface area contributed by atoms with Crippen LogP contribution >= 0.6 is 0 Å². The number of carbonyl (C=O) groups excluding carboxylic acids is 2. The monoisotopic (exact) mass is 267 g/mol. The van der Waals surface area contributed by atoms with E-state index in [0.29, 0.717) is 5.56 Å². The van der Waals surface area contributed by atoms with Crippen LogP contribution in [0.15, 0.2) is 24.3 Å². The second kappa shape index (κ2) is 6.84. The third kappa shape index (κ3) is 4.33. The van der Waals surface area contributed by atoms with E-state index in [2.05, 4.69) is 16.0 Å². The zero-order chi connectivity index (χ0) is 14.4. The van der Waals surface area contributed by atoms with Gasteiger partial charge < -0.3 is 5.32 Å². The lowest BCUT2D eigenvalue weighted by atomic mass is 10.1. The minimum atomic E-state index is -0.619. The van der Waals surface area contributed by atoms with Gasteiger partial charge in [0, 0.05) is 18.7 Å². The Morgan fingerprint density at radius 1 is 1.21 bits per heavy atom. The van der Waals surface area contributed by atoms with Gasteiger partial charge in [-0.15, -0.1) is 0 Å². The summed E-state index contributed by atoms with van der Waals surface area (Å²) in [5, 5.41) is 7.38. The van der Waals surface area contributed by atoms with Gasteiger partial charge in [-0.3, -0.25) is 15.4 Å². The summed E-state index contributed by atoms with van der Waals surface area (Å²) in [5.74, 6) is -0.802. The van der Waals surface area contributed by atoms with Gasteiger partial charge in [-0.25, -0.2) is 9.18 Å². The first kappa shape index (κ1) is 15.1. The minimum absolute atomic E-state index is 0.332. The summed E-state index contributed by atoms with van der Waals surface area (Å²) in [4.78, 5) is 22.6. The highest BCUT2D eigenvalue weighted by atomic mass is 19.1. The van der Waals surface area contributed by atoms with Gasteiger partial charge in [-0.2, -0.15) is 0 Å². The lowest BCUT2D eigenvalue weighted by Crippen LogP contribution is -2.47. The highest BCUT2D eigenvalue weighted by Gasteiger charge is 2.19. The van der Waals surface area contributed by atoms with Crippen molar-refractivity contribution in [2.45, 2.75) is 25.9 Å². The van der Waals surface area contributed by atoms with E-state index in [-0.39, 0.29) is 11.9 Å². The molecule has 0 bridgehead atoms. The molecule has 0 fully saturated rings. The molecular formula is C13H18FN3O2. The number of rotatable bonds is 4. The van der Waals surface area contributed by atoms with Crippen LogP contribution in [0.3, 0.4) is 0 Å². The van der Waals surface area contributed by atoms with Crippen molar-refractivity contribution in [1.82, 2.24) is 16.0 Å². The van der Waals surface area contributed by atoms with Crippen molar-refractivity contribution in [3.05, 3.63) is 35.6 Å². The maximum Gasteiger partial charge on any atom is 0.321 e. The molecule has 104 valence electrons. The van der Waals surface area contributed by atoms with E-state index < -0.39 is 18.0 Å². The number of benzene rings is 1. The van der Waals surface area contributed by atoms with Crippen LogP contribution in [0.1, 0.15) is 25.5 Å². The number of nitrogens with one attached hydrogen (secondary N) is 3. The van der Waals surface area contributed by atoms with Gasteiger partial charge in [0.05, 0.1) is 6.04 Å². The lowest BCUT2D eigenvalue weighted by molar-refractivity contribution is -0.121. The molecule has 6 heteroatoms. The van der Waals surface area contributed by atoms with Crippen molar-refractivity contribution < 1.29 is 14.0 Å². The Bertz CT molecular complexity index is 465. The van der Waals surface area contributed by atoms with E-state index in [4.69, 9.17) is 0 Å². The molecule has 3 N–H and O–H groups in total. The molecular weight excluding hydrogens is 249 g/mol.